The maximum absolute atomic E-state index is 5.85. The molecule has 2 aliphatic rings. The van der Waals surface area contributed by atoms with Crippen LogP contribution in [0.15, 0.2) is 42.2 Å². The third-order valence-electron chi connectivity index (χ3n) is 4.96. The molecule has 4 rings (SSSR count). The van der Waals surface area contributed by atoms with Crippen molar-refractivity contribution in [3.8, 4) is 11.5 Å². The van der Waals surface area contributed by atoms with Crippen LogP contribution in [0, 0.1) is 0 Å². The molecule has 8 heteroatoms. The second-order valence-electron chi connectivity index (χ2n) is 7.68. The Hall–Kier alpha value is -0.120. The van der Waals surface area contributed by atoms with Gasteiger partial charge in [0.2, 0.25) is 0 Å². The molecule has 0 aromatic heterocycles. The molecular weight excluding hydrogens is 636 g/mol. The smallest absolute Gasteiger partial charge is 0.121 e. The number of rotatable bonds is 8. The van der Waals surface area contributed by atoms with Crippen LogP contribution in [0.3, 0.4) is 0 Å². The third kappa shape index (κ3) is 5.21. The Balaban J connectivity index is 1.62. The van der Waals surface area contributed by atoms with Gasteiger partial charge in [-0.25, -0.2) is 0 Å². The van der Waals surface area contributed by atoms with Crippen LogP contribution in [-0.2, 0) is 14.9 Å². The molecular formula is C21H20Br4O4. The molecule has 0 N–H and O–H groups in total. The summed E-state index contributed by atoms with van der Waals surface area (Å²) in [6.07, 6.45) is 0.450. The summed E-state index contributed by atoms with van der Waals surface area (Å²) in [5, 5.41) is 0. The van der Waals surface area contributed by atoms with Gasteiger partial charge in [-0.15, -0.1) is 0 Å². The third-order valence-corrected chi connectivity index (χ3v) is 7.46. The quantitative estimate of drug-likeness (QED) is 0.300. The summed E-state index contributed by atoms with van der Waals surface area (Å²) in [7, 11) is 0. The summed E-state index contributed by atoms with van der Waals surface area (Å²) in [5.74, 6) is 1.62. The molecule has 2 aliphatic heterocycles. The van der Waals surface area contributed by atoms with Crippen molar-refractivity contribution < 1.29 is 18.9 Å². The Morgan fingerprint density at radius 1 is 0.759 bits per heavy atom. The average Bonchev–Trinajstić information content (AvgIpc) is 3.52. The average molecular weight is 656 g/mol. The summed E-state index contributed by atoms with van der Waals surface area (Å²) in [4.78, 5) is 0. The van der Waals surface area contributed by atoms with Gasteiger partial charge in [-0.3, -0.25) is 0 Å². The highest BCUT2D eigenvalue weighted by Gasteiger charge is 2.33. The van der Waals surface area contributed by atoms with Crippen LogP contribution in [0.2, 0.25) is 0 Å². The van der Waals surface area contributed by atoms with Gasteiger partial charge in [-0.2, -0.15) is 0 Å². The largest absolute Gasteiger partial charge is 0.491 e. The van der Waals surface area contributed by atoms with E-state index in [2.05, 4.69) is 77.6 Å². The Labute approximate surface area is 204 Å². The lowest BCUT2D eigenvalue weighted by atomic mass is 9.78. The van der Waals surface area contributed by atoms with Crippen molar-refractivity contribution in [2.24, 2.45) is 0 Å². The summed E-state index contributed by atoms with van der Waals surface area (Å²) in [5.41, 5.74) is 1.95. The Kier molecular flexibility index (Phi) is 6.69. The molecule has 2 fully saturated rings. The van der Waals surface area contributed by atoms with Crippen LogP contribution in [0.5, 0.6) is 11.5 Å². The van der Waals surface area contributed by atoms with Crippen LogP contribution in [0.1, 0.15) is 25.0 Å². The molecule has 4 nitrogen and oxygen atoms in total. The summed E-state index contributed by atoms with van der Waals surface area (Å²) >= 11 is 15.0. The maximum Gasteiger partial charge on any atom is 0.121 e. The van der Waals surface area contributed by atoms with Gasteiger partial charge in [0.05, 0.1) is 13.2 Å². The maximum atomic E-state index is 5.85. The van der Waals surface area contributed by atoms with Crippen LogP contribution < -0.4 is 9.47 Å². The zero-order valence-corrected chi connectivity index (χ0v) is 22.3. The number of ether oxygens (including phenoxy) is 4. The molecule has 156 valence electrons. The van der Waals surface area contributed by atoms with E-state index in [1.54, 1.807) is 0 Å². The predicted octanol–water partition coefficient (Wildman–Crippen LogP) is 6.62. The first kappa shape index (κ1) is 22.1. The highest BCUT2D eigenvalue weighted by Crippen LogP contribution is 2.48. The van der Waals surface area contributed by atoms with Crippen molar-refractivity contribution in [1.29, 1.82) is 0 Å². The van der Waals surface area contributed by atoms with E-state index in [1.165, 1.54) is 0 Å². The fraction of sp³-hybridized carbons (Fsp3) is 0.429. The molecule has 0 amide bonds. The Morgan fingerprint density at radius 2 is 1.07 bits per heavy atom. The lowest BCUT2D eigenvalue weighted by Crippen LogP contribution is -2.22. The summed E-state index contributed by atoms with van der Waals surface area (Å²) in [6, 6.07) is 8.05. The molecule has 2 unspecified atom stereocenters. The monoisotopic (exact) mass is 652 g/mol. The van der Waals surface area contributed by atoms with Crippen LogP contribution in [0.25, 0.3) is 0 Å². The van der Waals surface area contributed by atoms with E-state index >= 15 is 0 Å². The molecule has 0 saturated carbocycles. The highest BCUT2D eigenvalue weighted by molar-refractivity contribution is 9.11. The number of hydrogen-bond acceptors (Lipinski definition) is 4. The van der Waals surface area contributed by atoms with Crippen molar-refractivity contribution >= 4 is 63.7 Å². The first-order valence-electron chi connectivity index (χ1n) is 9.23. The van der Waals surface area contributed by atoms with E-state index in [1.807, 2.05) is 24.3 Å². The van der Waals surface area contributed by atoms with Gasteiger partial charge in [0, 0.05) is 23.3 Å². The molecule has 2 saturated heterocycles. The lowest BCUT2D eigenvalue weighted by Gasteiger charge is -2.31. The number of halogens is 4. The molecule has 2 aromatic rings. The Bertz CT molecular complexity index is 803. The van der Waals surface area contributed by atoms with E-state index in [4.69, 9.17) is 18.9 Å². The molecule has 0 spiro atoms. The molecule has 2 aromatic carbocycles. The number of epoxide rings is 2. The van der Waals surface area contributed by atoms with Crippen molar-refractivity contribution in [2.45, 2.75) is 31.5 Å². The second kappa shape index (κ2) is 8.79. The first-order chi connectivity index (χ1) is 13.8. The highest BCUT2D eigenvalue weighted by atomic mass is 79.9. The minimum absolute atomic E-state index is 0.225. The second-order valence-corrected chi connectivity index (χ2v) is 11.1. The van der Waals surface area contributed by atoms with Gasteiger partial charge in [0.1, 0.15) is 36.9 Å². The minimum atomic E-state index is -0.314. The topological polar surface area (TPSA) is 43.5 Å². The van der Waals surface area contributed by atoms with Gasteiger partial charge < -0.3 is 18.9 Å². The normalized spacial score (nSPS) is 20.5. The molecule has 2 atom stereocenters. The number of benzene rings is 2. The van der Waals surface area contributed by atoms with Crippen molar-refractivity contribution in [2.75, 3.05) is 26.4 Å². The predicted molar refractivity (Wildman–Crippen MR) is 126 cm³/mol. The molecule has 29 heavy (non-hydrogen) atoms. The standard InChI is InChI=1S/C21H20Br4O4/c1-21(2,19-15(22)3-11(4-16(19)23)26-7-13-9-28-13)20-17(24)5-12(6-18(20)25)27-8-14-10-29-14/h3-6,13-14H,7-10H2,1-2H3. The van der Waals surface area contributed by atoms with Crippen LogP contribution in [-0.4, -0.2) is 38.6 Å². The van der Waals surface area contributed by atoms with Crippen molar-refractivity contribution in [3.05, 3.63) is 53.3 Å². The fourth-order valence-electron chi connectivity index (χ4n) is 3.29. The van der Waals surface area contributed by atoms with Gasteiger partial charge >= 0.3 is 0 Å². The zero-order valence-electron chi connectivity index (χ0n) is 15.9. The van der Waals surface area contributed by atoms with E-state index in [0.29, 0.717) is 13.2 Å². The Morgan fingerprint density at radius 3 is 1.34 bits per heavy atom. The minimum Gasteiger partial charge on any atom is -0.491 e. The van der Waals surface area contributed by atoms with Crippen LogP contribution in [0.4, 0.5) is 0 Å². The van der Waals surface area contributed by atoms with Crippen LogP contribution >= 0.6 is 63.7 Å². The van der Waals surface area contributed by atoms with E-state index in [0.717, 1.165) is 53.7 Å². The molecule has 0 aliphatic carbocycles. The van der Waals surface area contributed by atoms with E-state index in [9.17, 15) is 0 Å². The molecule has 0 bridgehead atoms. The van der Waals surface area contributed by atoms with Gasteiger partial charge in [0.15, 0.2) is 0 Å². The fourth-order valence-corrected chi connectivity index (χ4v) is 7.56. The van der Waals surface area contributed by atoms with E-state index < -0.39 is 0 Å². The lowest BCUT2D eigenvalue weighted by molar-refractivity contribution is 0.262. The SMILES string of the molecule is CC(C)(c1c(Br)cc(OCC2CO2)cc1Br)c1c(Br)cc(OCC2CO2)cc1Br. The van der Waals surface area contributed by atoms with Crippen molar-refractivity contribution in [3.63, 3.8) is 0 Å². The van der Waals surface area contributed by atoms with Gasteiger partial charge in [0.25, 0.3) is 0 Å². The van der Waals surface area contributed by atoms with Gasteiger partial charge in [-0.05, 0) is 35.4 Å². The number of hydrogen-bond donors (Lipinski definition) is 0. The van der Waals surface area contributed by atoms with Crippen molar-refractivity contribution in [1.82, 2.24) is 0 Å². The summed E-state index contributed by atoms with van der Waals surface area (Å²) in [6.45, 7) is 7.10. The first-order valence-corrected chi connectivity index (χ1v) is 12.4. The summed E-state index contributed by atoms with van der Waals surface area (Å²) < 4.78 is 26.1. The zero-order chi connectivity index (χ0) is 20.8. The molecule has 0 radical (unpaired) electrons. The van der Waals surface area contributed by atoms with Gasteiger partial charge in [-0.1, -0.05) is 77.6 Å². The van der Waals surface area contributed by atoms with E-state index in [-0.39, 0.29) is 17.6 Å². The molecule has 2 heterocycles.